The first kappa shape index (κ1) is 22.3. The third-order valence-corrected chi connectivity index (χ3v) is 4.96. The zero-order chi connectivity index (χ0) is 23.8. The molecule has 0 spiro atoms. The minimum Gasteiger partial charge on any atom is -0.497 e. The zero-order valence-corrected chi connectivity index (χ0v) is 17.6. The topological polar surface area (TPSA) is 104 Å². The van der Waals surface area contributed by atoms with Crippen LogP contribution in [0, 0.1) is 0 Å². The summed E-state index contributed by atoms with van der Waals surface area (Å²) in [6, 6.07) is 9.34. The maximum Gasteiger partial charge on any atom is 0.416 e. The molecule has 2 aromatic carbocycles. The molecule has 9 nitrogen and oxygen atoms in total. The highest BCUT2D eigenvalue weighted by molar-refractivity contribution is 6.33. The predicted octanol–water partition coefficient (Wildman–Crippen LogP) is 3.30. The Balaban J connectivity index is 1.58. The van der Waals surface area contributed by atoms with Crippen molar-refractivity contribution in [3.05, 3.63) is 69.7 Å². The number of carbonyl (C=O) groups is 1. The summed E-state index contributed by atoms with van der Waals surface area (Å²) in [5.74, 6) is -0.146. The molecule has 4 aromatic rings. The van der Waals surface area contributed by atoms with E-state index in [0.717, 1.165) is 23.0 Å². The maximum atomic E-state index is 12.9. The molecular weight excluding hydrogens is 465 g/mol. The third kappa shape index (κ3) is 4.51. The molecule has 0 unspecified atom stereocenters. The standard InChI is InChI=1S/C20H14ClF3N6O3/c1-33-13-5-3-12(4-6-13)30-18-17(27-28-30)19(32)29(10-25-18)9-16(31)26-15-8-11(20(22,23)24)2-7-14(15)21/h2-8,10H,9H2,1H3,(H,26,31). The molecule has 0 radical (unpaired) electrons. The van der Waals surface area contributed by atoms with Crippen LogP contribution in [0.3, 0.4) is 0 Å². The number of nitrogens with zero attached hydrogens (tertiary/aromatic N) is 5. The molecule has 33 heavy (non-hydrogen) atoms. The van der Waals surface area contributed by atoms with Gasteiger partial charge in [-0.3, -0.25) is 14.2 Å². The molecule has 4 rings (SSSR count). The number of fused-ring (bicyclic) bond motifs is 1. The second-order valence-electron chi connectivity index (χ2n) is 6.79. The van der Waals surface area contributed by atoms with Crippen molar-refractivity contribution < 1.29 is 22.7 Å². The van der Waals surface area contributed by atoms with E-state index in [1.54, 1.807) is 24.3 Å². The number of hydrogen-bond donors (Lipinski definition) is 1. The number of aromatic nitrogens is 5. The van der Waals surface area contributed by atoms with E-state index in [2.05, 4.69) is 20.6 Å². The van der Waals surface area contributed by atoms with E-state index in [-0.39, 0.29) is 21.9 Å². The van der Waals surface area contributed by atoms with Crippen molar-refractivity contribution in [3.8, 4) is 11.4 Å². The summed E-state index contributed by atoms with van der Waals surface area (Å²) in [5.41, 5.74) is -1.19. The summed E-state index contributed by atoms with van der Waals surface area (Å²) in [6.45, 7) is -0.524. The van der Waals surface area contributed by atoms with Gasteiger partial charge in [-0.15, -0.1) is 5.10 Å². The van der Waals surface area contributed by atoms with E-state index in [1.165, 1.54) is 11.8 Å². The van der Waals surface area contributed by atoms with Gasteiger partial charge in [-0.2, -0.15) is 17.9 Å². The molecule has 0 aliphatic rings. The van der Waals surface area contributed by atoms with E-state index in [4.69, 9.17) is 16.3 Å². The quantitative estimate of drug-likeness (QED) is 0.472. The molecule has 2 heterocycles. The van der Waals surface area contributed by atoms with Crippen molar-refractivity contribution in [2.24, 2.45) is 0 Å². The Labute approximate surface area is 188 Å². The van der Waals surface area contributed by atoms with Gasteiger partial charge < -0.3 is 10.1 Å². The Morgan fingerprint density at radius 3 is 2.58 bits per heavy atom. The number of amides is 1. The van der Waals surface area contributed by atoms with Gasteiger partial charge in [0.25, 0.3) is 5.56 Å². The lowest BCUT2D eigenvalue weighted by Gasteiger charge is -2.12. The van der Waals surface area contributed by atoms with Crippen LogP contribution in [0.5, 0.6) is 5.75 Å². The monoisotopic (exact) mass is 478 g/mol. The van der Waals surface area contributed by atoms with Crippen LogP contribution < -0.4 is 15.6 Å². The van der Waals surface area contributed by atoms with Crippen LogP contribution in [0.4, 0.5) is 18.9 Å². The molecule has 0 atom stereocenters. The van der Waals surface area contributed by atoms with Gasteiger partial charge in [0.1, 0.15) is 18.6 Å². The Hall–Kier alpha value is -3.93. The molecule has 13 heteroatoms. The summed E-state index contributed by atoms with van der Waals surface area (Å²) in [7, 11) is 1.53. The summed E-state index contributed by atoms with van der Waals surface area (Å²) in [4.78, 5) is 29.3. The van der Waals surface area contributed by atoms with E-state index >= 15 is 0 Å². The highest BCUT2D eigenvalue weighted by Gasteiger charge is 2.31. The first-order valence-electron chi connectivity index (χ1n) is 9.29. The Kier molecular flexibility index (Phi) is 5.77. The zero-order valence-electron chi connectivity index (χ0n) is 16.8. The average molecular weight is 479 g/mol. The number of nitrogens with one attached hydrogen (secondary N) is 1. The fraction of sp³-hybridized carbons (Fsp3) is 0.150. The molecule has 0 bridgehead atoms. The summed E-state index contributed by atoms with van der Waals surface area (Å²) in [5, 5.41) is 9.98. The number of rotatable bonds is 5. The van der Waals surface area contributed by atoms with Gasteiger partial charge in [0.05, 0.1) is 29.1 Å². The lowest BCUT2D eigenvalue weighted by Crippen LogP contribution is -2.28. The van der Waals surface area contributed by atoms with Gasteiger partial charge in [0, 0.05) is 0 Å². The summed E-state index contributed by atoms with van der Waals surface area (Å²) >= 11 is 5.89. The van der Waals surface area contributed by atoms with Gasteiger partial charge in [-0.1, -0.05) is 16.8 Å². The van der Waals surface area contributed by atoms with Crippen LogP contribution in [-0.2, 0) is 17.5 Å². The highest BCUT2D eigenvalue weighted by Crippen LogP contribution is 2.33. The molecule has 0 aliphatic carbocycles. The molecule has 2 aromatic heterocycles. The third-order valence-electron chi connectivity index (χ3n) is 4.63. The smallest absolute Gasteiger partial charge is 0.416 e. The van der Waals surface area contributed by atoms with Gasteiger partial charge in [-0.25, -0.2) is 4.98 Å². The number of anilines is 1. The van der Waals surface area contributed by atoms with E-state index in [1.807, 2.05) is 0 Å². The van der Waals surface area contributed by atoms with E-state index in [9.17, 15) is 22.8 Å². The molecule has 0 saturated heterocycles. The first-order chi connectivity index (χ1) is 15.7. The molecule has 1 N–H and O–H groups in total. The van der Waals surface area contributed by atoms with Gasteiger partial charge in [-0.05, 0) is 42.5 Å². The lowest BCUT2D eigenvalue weighted by atomic mass is 10.2. The van der Waals surface area contributed by atoms with Gasteiger partial charge >= 0.3 is 6.18 Å². The van der Waals surface area contributed by atoms with E-state index < -0.39 is 29.8 Å². The molecule has 1 amide bonds. The van der Waals surface area contributed by atoms with Crippen molar-refractivity contribution in [1.29, 1.82) is 0 Å². The van der Waals surface area contributed by atoms with Crippen LogP contribution in [-0.4, -0.2) is 37.6 Å². The molecule has 0 fully saturated rings. The fourth-order valence-electron chi connectivity index (χ4n) is 3.00. The van der Waals surface area contributed by atoms with Gasteiger partial charge in [0.2, 0.25) is 5.91 Å². The van der Waals surface area contributed by atoms with Crippen molar-refractivity contribution in [2.45, 2.75) is 12.7 Å². The first-order valence-corrected chi connectivity index (χ1v) is 9.67. The number of halogens is 4. The van der Waals surface area contributed by atoms with Crippen LogP contribution in [0.25, 0.3) is 16.9 Å². The van der Waals surface area contributed by atoms with Gasteiger partial charge in [0.15, 0.2) is 11.2 Å². The fourth-order valence-corrected chi connectivity index (χ4v) is 3.16. The van der Waals surface area contributed by atoms with Crippen LogP contribution in [0.1, 0.15) is 5.56 Å². The van der Waals surface area contributed by atoms with Crippen LogP contribution in [0.15, 0.2) is 53.6 Å². The minimum atomic E-state index is -4.61. The number of benzene rings is 2. The van der Waals surface area contributed by atoms with Crippen molar-refractivity contribution >= 4 is 34.4 Å². The summed E-state index contributed by atoms with van der Waals surface area (Å²) < 4.78 is 46.2. The Bertz CT molecular complexity index is 1400. The highest BCUT2D eigenvalue weighted by atomic mass is 35.5. The van der Waals surface area contributed by atoms with E-state index in [0.29, 0.717) is 17.5 Å². The second kappa shape index (κ2) is 8.54. The number of hydrogen-bond acceptors (Lipinski definition) is 6. The number of alkyl halides is 3. The van der Waals surface area contributed by atoms with Crippen LogP contribution >= 0.6 is 11.6 Å². The molecular formula is C20H14ClF3N6O3. The number of carbonyl (C=O) groups excluding carboxylic acids is 1. The lowest BCUT2D eigenvalue weighted by molar-refractivity contribution is -0.137. The van der Waals surface area contributed by atoms with Crippen LogP contribution in [0.2, 0.25) is 5.02 Å². The van der Waals surface area contributed by atoms with Crippen molar-refractivity contribution in [2.75, 3.05) is 12.4 Å². The second-order valence-corrected chi connectivity index (χ2v) is 7.20. The molecule has 0 aliphatic heterocycles. The Morgan fingerprint density at radius 2 is 1.91 bits per heavy atom. The SMILES string of the molecule is COc1ccc(-n2nnc3c(=O)n(CC(=O)Nc4cc(C(F)(F)F)ccc4Cl)cnc32)cc1. The predicted molar refractivity (Wildman–Crippen MR) is 113 cm³/mol. The normalized spacial score (nSPS) is 11.5. The number of methoxy groups -OCH3 is 1. The average Bonchev–Trinajstić information content (AvgIpc) is 3.21. The minimum absolute atomic E-state index is 0.0836. The summed E-state index contributed by atoms with van der Waals surface area (Å²) in [6.07, 6.45) is -3.48. The molecule has 170 valence electrons. The molecule has 0 saturated carbocycles. The maximum absolute atomic E-state index is 12.9. The van der Waals surface area contributed by atoms with Crippen molar-refractivity contribution in [3.63, 3.8) is 0 Å². The van der Waals surface area contributed by atoms with Crippen molar-refractivity contribution in [1.82, 2.24) is 24.5 Å². The Morgan fingerprint density at radius 1 is 1.18 bits per heavy atom. The largest absolute Gasteiger partial charge is 0.497 e. The number of ether oxygens (including phenoxy) is 1.